The molecule has 0 aliphatic heterocycles. The first-order chi connectivity index (χ1) is 15.7. The quantitative estimate of drug-likeness (QED) is 0.389. The van der Waals surface area contributed by atoms with E-state index in [1.54, 1.807) is 22.8 Å². The highest BCUT2D eigenvalue weighted by atomic mass is 35.5. The second-order valence-corrected chi connectivity index (χ2v) is 8.85. The Hall–Kier alpha value is -2.62. The summed E-state index contributed by atoms with van der Waals surface area (Å²) in [7, 11) is 4.83. The van der Waals surface area contributed by atoms with Crippen LogP contribution in [0, 0.1) is 6.92 Å². The number of halogens is 2. The van der Waals surface area contributed by atoms with Gasteiger partial charge in [-0.2, -0.15) is 0 Å². The summed E-state index contributed by atoms with van der Waals surface area (Å²) in [4.78, 5) is 12.5. The van der Waals surface area contributed by atoms with E-state index < -0.39 is 0 Å². The van der Waals surface area contributed by atoms with E-state index in [9.17, 15) is 4.79 Å². The van der Waals surface area contributed by atoms with Crippen molar-refractivity contribution in [3.05, 3.63) is 51.8 Å². The van der Waals surface area contributed by atoms with Crippen molar-refractivity contribution in [1.29, 1.82) is 0 Å². The molecule has 3 aromatic rings. The number of methoxy groups -OCH3 is 2. The molecular formula is C22H24Cl2N4O4S. The van der Waals surface area contributed by atoms with E-state index in [1.807, 2.05) is 33.0 Å². The van der Waals surface area contributed by atoms with Gasteiger partial charge in [0, 0.05) is 24.2 Å². The Balaban J connectivity index is 1.63. The summed E-state index contributed by atoms with van der Waals surface area (Å²) in [5.41, 5.74) is 1.39. The number of benzene rings is 2. The lowest BCUT2D eigenvalue weighted by Crippen LogP contribution is -2.15. The molecule has 0 bridgehead atoms. The number of nitrogens with zero attached hydrogens (tertiary/aromatic N) is 3. The zero-order valence-electron chi connectivity index (χ0n) is 18.8. The van der Waals surface area contributed by atoms with Crippen LogP contribution < -0.4 is 19.5 Å². The van der Waals surface area contributed by atoms with Crippen LogP contribution in [-0.4, -0.2) is 40.6 Å². The van der Waals surface area contributed by atoms with Crippen LogP contribution in [0.15, 0.2) is 35.5 Å². The number of carbonyl (C=O) groups is 1. The van der Waals surface area contributed by atoms with Gasteiger partial charge in [0.1, 0.15) is 17.2 Å². The van der Waals surface area contributed by atoms with Crippen LogP contribution in [-0.2, 0) is 11.8 Å². The third-order valence-corrected chi connectivity index (χ3v) is 6.49. The van der Waals surface area contributed by atoms with Crippen molar-refractivity contribution < 1.29 is 19.0 Å². The van der Waals surface area contributed by atoms with Crippen molar-refractivity contribution in [3.63, 3.8) is 0 Å². The molecule has 1 amide bonds. The molecular weight excluding hydrogens is 487 g/mol. The monoisotopic (exact) mass is 510 g/mol. The minimum absolute atomic E-state index is 0.117. The van der Waals surface area contributed by atoms with E-state index in [0.29, 0.717) is 44.0 Å². The minimum atomic E-state index is -0.350. The summed E-state index contributed by atoms with van der Waals surface area (Å²) in [6.45, 7) is 3.80. The molecule has 1 N–H and O–H groups in total. The van der Waals surface area contributed by atoms with Crippen molar-refractivity contribution in [2.45, 2.75) is 25.1 Å². The van der Waals surface area contributed by atoms with E-state index in [1.165, 1.54) is 26.0 Å². The SMILES string of the molecule is COc1cc(NC(=O)CSc2nnc(C(C)Oc3ccc(Cl)c(C)c3)n2C)c(OC)cc1Cl. The highest BCUT2D eigenvalue weighted by Gasteiger charge is 2.19. The molecule has 176 valence electrons. The summed E-state index contributed by atoms with van der Waals surface area (Å²) < 4.78 is 18.3. The number of anilines is 1. The maximum atomic E-state index is 12.5. The van der Waals surface area contributed by atoms with Gasteiger partial charge in [-0.05, 0) is 37.6 Å². The van der Waals surface area contributed by atoms with Gasteiger partial charge in [0.05, 0.1) is 30.7 Å². The van der Waals surface area contributed by atoms with Gasteiger partial charge in [-0.3, -0.25) is 4.79 Å². The fraction of sp³-hybridized carbons (Fsp3) is 0.318. The Morgan fingerprint density at radius 1 is 1.12 bits per heavy atom. The fourth-order valence-electron chi connectivity index (χ4n) is 3.03. The van der Waals surface area contributed by atoms with Crippen molar-refractivity contribution in [1.82, 2.24) is 14.8 Å². The summed E-state index contributed by atoms with van der Waals surface area (Å²) in [5.74, 6) is 2.06. The Labute approximate surface area is 206 Å². The molecule has 1 heterocycles. The number of ether oxygens (including phenoxy) is 3. The van der Waals surface area contributed by atoms with Gasteiger partial charge >= 0.3 is 0 Å². The molecule has 3 rings (SSSR count). The molecule has 1 unspecified atom stereocenters. The topological polar surface area (TPSA) is 87.5 Å². The largest absolute Gasteiger partial charge is 0.495 e. The van der Waals surface area contributed by atoms with Gasteiger partial charge in [-0.1, -0.05) is 35.0 Å². The molecule has 0 spiro atoms. The smallest absolute Gasteiger partial charge is 0.234 e. The van der Waals surface area contributed by atoms with E-state index in [2.05, 4.69) is 15.5 Å². The predicted octanol–water partition coefficient (Wildman–Crippen LogP) is 5.32. The fourth-order valence-corrected chi connectivity index (χ4v) is 4.09. The van der Waals surface area contributed by atoms with Crippen molar-refractivity contribution in [3.8, 4) is 17.2 Å². The lowest BCUT2D eigenvalue weighted by Gasteiger charge is -2.15. The number of aromatic nitrogens is 3. The van der Waals surface area contributed by atoms with Gasteiger partial charge in [0.2, 0.25) is 5.91 Å². The minimum Gasteiger partial charge on any atom is -0.495 e. The number of nitrogens with one attached hydrogen (secondary N) is 1. The molecule has 8 nitrogen and oxygen atoms in total. The van der Waals surface area contributed by atoms with Crippen LogP contribution in [0.2, 0.25) is 10.0 Å². The number of thioether (sulfide) groups is 1. The third kappa shape index (κ3) is 6.04. The first-order valence-electron chi connectivity index (χ1n) is 9.89. The Morgan fingerprint density at radius 3 is 2.52 bits per heavy atom. The van der Waals surface area contributed by atoms with Crippen LogP contribution >= 0.6 is 35.0 Å². The normalized spacial score (nSPS) is 11.7. The van der Waals surface area contributed by atoms with Gasteiger partial charge < -0.3 is 24.1 Å². The van der Waals surface area contributed by atoms with Crippen LogP contribution in [0.5, 0.6) is 17.2 Å². The molecule has 0 aliphatic rings. The maximum absolute atomic E-state index is 12.5. The van der Waals surface area contributed by atoms with Crippen LogP contribution in [0.4, 0.5) is 5.69 Å². The average molecular weight is 511 g/mol. The Bertz CT molecular complexity index is 1160. The summed E-state index contributed by atoms with van der Waals surface area (Å²) >= 11 is 13.4. The number of carbonyl (C=O) groups excluding carboxylic acids is 1. The number of rotatable bonds is 9. The molecule has 0 saturated carbocycles. The van der Waals surface area contributed by atoms with Crippen LogP contribution in [0.3, 0.4) is 0 Å². The second-order valence-electron chi connectivity index (χ2n) is 7.09. The molecule has 0 saturated heterocycles. The highest BCUT2D eigenvalue weighted by Crippen LogP contribution is 2.36. The number of hydrogen-bond donors (Lipinski definition) is 1. The molecule has 0 aliphatic carbocycles. The zero-order valence-corrected chi connectivity index (χ0v) is 21.1. The second kappa shape index (κ2) is 11.0. The molecule has 1 atom stereocenters. The van der Waals surface area contributed by atoms with E-state index >= 15 is 0 Å². The molecule has 33 heavy (non-hydrogen) atoms. The number of amides is 1. The lowest BCUT2D eigenvalue weighted by molar-refractivity contribution is -0.113. The number of hydrogen-bond acceptors (Lipinski definition) is 7. The predicted molar refractivity (Wildman–Crippen MR) is 130 cm³/mol. The van der Waals surface area contributed by atoms with E-state index in [0.717, 1.165) is 5.56 Å². The van der Waals surface area contributed by atoms with Crippen LogP contribution in [0.1, 0.15) is 24.4 Å². The van der Waals surface area contributed by atoms with Crippen molar-refractivity contribution in [2.24, 2.45) is 7.05 Å². The average Bonchev–Trinajstić information content (AvgIpc) is 3.16. The first kappa shape index (κ1) is 25.0. The summed E-state index contributed by atoms with van der Waals surface area (Å²) in [6.07, 6.45) is -0.350. The van der Waals surface area contributed by atoms with Gasteiger partial charge in [-0.15, -0.1) is 10.2 Å². The molecule has 0 radical (unpaired) electrons. The van der Waals surface area contributed by atoms with Gasteiger partial charge in [-0.25, -0.2) is 0 Å². The standard InChI is InChI=1S/C22H24Cl2N4O4S/c1-12-8-14(6-7-15(12)23)32-13(2)21-26-27-22(28(21)3)33-11-20(29)25-17-10-18(30-4)16(24)9-19(17)31-5/h6-10,13H,11H2,1-5H3,(H,25,29). The summed E-state index contributed by atoms with van der Waals surface area (Å²) in [5, 5.41) is 12.9. The first-order valence-corrected chi connectivity index (χ1v) is 11.6. The zero-order chi connectivity index (χ0) is 24.1. The van der Waals surface area contributed by atoms with E-state index in [-0.39, 0.29) is 17.8 Å². The van der Waals surface area contributed by atoms with Crippen molar-refractivity contribution in [2.75, 3.05) is 25.3 Å². The Kier molecular flexibility index (Phi) is 8.34. The molecule has 1 aromatic heterocycles. The third-order valence-electron chi connectivity index (χ3n) is 4.75. The Morgan fingerprint density at radius 2 is 1.85 bits per heavy atom. The van der Waals surface area contributed by atoms with Gasteiger partial charge in [0.15, 0.2) is 17.1 Å². The maximum Gasteiger partial charge on any atom is 0.234 e. The highest BCUT2D eigenvalue weighted by molar-refractivity contribution is 7.99. The van der Waals surface area contributed by atoms with E-state index in [4.69, 9.17) is 37.4 Å². The molecule has 0 fully saturated rings. The van der Waals surface area contributed by atoms with Gasteiger partial charge in [0.25, 0.3) is 0 Å². The summed E-state index contributed by atoms with van der Waals surface area (Å²) in [6, 6.07) is 8.67. The van der Waals surface area contributed by atoms with Crippen LogP contribution in [0.25, 0.3) is 0 Å². The number of aryl methyl sites for hydroxylation is 1. The lowest BCUT2D eigenvalue weighted by atomic mass is 10.2. The molecule has 11 heteroatoms. The van der Waals surface area contributed by atoms with Crippen molar-refractivity contribution >= 4 is 46.6 Å². The molecule has 2 aromatic carbocycles.